The van der Waals surface area contributed by atoms with Gasteiger partial charge in [-0.05, 0) is 24.3 Å². The number of hydrogen-bond donors (Lipinski definition) is 0. The van der Waals surface area contributed by atoms with E-state index in [4.69, 9.17) is 16.1 Å². The van der Waals surface area contributed by atoms with Crippen LogP contribution in [0, 0.1) is 0 Å². The summed E-state index contributed by atoms with van der Waals surface area (Å²) < 4.78 is 6.22. The van der Waals surface area contributed by atoms with Crippen LogP contribution in [0.2, 0.25) is 5.02 Å². The van der Waals surface area contributed by atoms with Crippen LogP contribution in [0.4, 0.5) is 0 Å². The number of nitrogens with zero attached hydrogens (tertiary/aromatic N) is 3. The molecule has 0 aliphatic rings. The Hall–Kier alpha value is -1.37. The minimum Gasteiger partial charge on any atom is -0.334 e. The van der Waals surface area contributed by atoms with E-state index in [1.807, 2.05) is 17.5 Å². The van der Waals surface area contributed by atoms with E-state index in [9.17, 15) is 0 Å². The highest BCUT2D eigenvalue weighted by Crippen LogP contribution is 2.25. The third-order valence-electron chi connectivity index (χ3n) is 2.29. The summed E-state index contributed by atoms with van der Waals surface area (Å²) in [5, 5.41) is 6.58. The second-order valence-corrected chi connectivity index (χ2v) is 6.16. The van der Waals surface area contributed by atoms with Crippen molar-refractivity contribution in [3.63, 3.8) is 0 Å². The van der Waals surface area contributed by atoms with Gasteiger partial charge >= 0.3 is 0 Å². The molecule has 0 saturated carbocycles. The fourth-order valence-electron chi connectivity index (χ4n) is 1.43. The highest BCUT2D eigenvalue weighted by molar-refractivity contribution is 8.00. The molecule has 0 amide bonds. The first-order valence-corrected chi connectivity index (χ1v) is 7.66. The van der Waals surface area contributed by atoms with Crippen molar-refractivity contribution in [1.29, 1.82) is 0 Å². The van der Waals surface area contributed by atoms with Gasteiger partial charge in [0.05, 0.1) is 5.75 Å². The van der Waals surface area contributed by atoms with Crippen LogP contribution in [0.5, 0.6) is 0 Å². The van der Waals surface area contributed by atoms with Gasteiger partial charge in [0.15, 0.2) is 5.82 Å². The topological polar surface area (TPSA) is 51.8 Å². The zero-order valence-electron chi connectivity index (χ0n) is 9.62. The third kappa shape index (κ3) is 3.15. The van der Waals surface area contributed by atoms with Crippen molar-refractivity contribution < 1.29 is 4.52 Å². The molecule has 0 saturated heterocycles. The minimum atomic E-state index is 0.506. The number of rotatable bonds is 4. The summed E-state index contributed by atoms with van der Waals surface area (Å²) >= 11 is 9.03. The molecule has 2 aromatic heterocycles. The maximum atomic E-state index is 5.84. The van der Waals surface area contributed by atoms with Crippen molar-refractivity contribution in [2.45, 2.75) is 10.1 Å². The largest absolute Gasteiger partial charge is 0.334 e. The van der Waals surface area contributed by atoms with Crippen molar-refractivity contribution in [1.82, 2.24) is 15.1 Å². The summed E-state index contributed by atoms with van der Waals surface area (Å²) in [7, 11) is 0. The van der Waals surface area contributed by atoms with Gasteiger partial charge in [0.2, 0.25) is 0 Å². The van der Waals surface area contributed by atoms with Gasteiger partial charge in [0, 0.05) is 22.2 Å². The monoisotopic (exact) mass is 309 g/mol. The van der Waals surface area contributed by atoms with E-state index in [0.29, 0.717) is 22.5 Å². The van der Waals surface area contributed by atoms with Crippen LogP contribution in [-0.2, 0) is 5.75 Å². The fraction of sp³-hybridized carbons (Fsp3) is 0.0833. The van der Waals surface area contributed by atoms with Gasteiger partial charge in [0.25, 0.3) is 5.89 Å². The molecule has 96 valence electrons. The molecule has 0 fully saturated rings. The summed E-state index contributed by atoms with van der Waals surface area (Å²) in [5.41, 5.74) is 0.863. The molecule has 0 unspecified atom stereocenters. The molecule has 0 aliphatic carbocycles. The van der Waals surface area contributed by atoms with Gasteiger partial charge in [0.1, 0.15) is 4.34 Å². The number of hydrogen-bond acceptors (Lipinski definition) is 6. The molecule has 0 aliphatic heterocycles. The quantitative estimate of drug-likeness (QED) is 0.678. The highest BCUT2D eigenvalue weighted by Gasteiger charge is 2.09. The van der Waals surface area contributed by atoms with Crippen LogP contribution in [0.3, 0.4) is 0 Å². The van der Waals surface area contributed by atoms with E-state index in [0.717, 1.165) is 9.90 Å². The normalized spacial score (nSPS) is 10.8. The van der Waals surface area contributed by atoms with Gasteiger partial charge in [-0.2, -0.15) is 4.98 Å². The SMILES string of the molecule is Clc1ccc(-c2nc(CSc3nccs3)no2)cc1. The van der Waals surface area contributed by atoms with E-state index in [1.54, 1.807) is 41.4 Å². The zero-order chi connectivity index (χ0) is 13.1. The molecule has 1 aromatic carbocycles. The van der Waals surface area contributed by atoms with Crippen LogP contribution in [0.1, 0.15) is 5.82 Å². The first-order chi connectivity index (χ1) is 9.31. The van der Waals surface area contributed by atoms with E-state index in [-0.39, 0.29) is 0 Å². The Kier molecular flexibility index (Phi) is 3.82. The van der Waals surface area contributed by atoms with Crippen LogP contribution in [0.25, 0.3) is 11.5 Å². The number of benzene rings is 1. The Morgan fingerprint density at radius 3 is 2.84 bits per heavy atom. The number of aromatic nitrogens is 3. The summed E-state index contributed by atoms with van der Waals surface area (Å²) in [5.74, 6) is 1.81. The summed E-state index contributed by atoms with van der Waals surface area (Å²) in [6.45, 7) is 0. The highest BCUT2D eigenvalue weighted by atomic mass is 35.5. The molecular weight excluding hydrogens is 302 g/mol. The predicted octanol–water partition coefficient (Wildman–Crippen LogP) is 4.14. The van der Waals surface area contributed by atoms with Crippen LogP contribution in [-0.4, -0.2) is 15.1 Å². The van der Waals surface area contributed by atoms with Crippen LogP contribution < -0.4 is 0 Å². The van der Waals surface area contributed by atoms with Crippen LogP contribution >= 0.6 is 34.7 Å². The van der Waals surface area contributed by atoms with Gasteiger partial charge in [-0.1, -0.05) is 28.5 Å². The van der Waals surface area contributed by atoms with Crippen molar-refractivity contribution in [3.05, 3.63) is 46.7 Å². The van der Waals surface area contributed by atoms with E-state index in [2.05, 4.69) is 15.1 Å². The second kappa shape index (κ2) is 5.73. The lowest BCUT2D eigenvalue weighted by Crippen LogP contribution is -1.83. The predicted molar refractivity (Wildman–Crippen MR) is 76.4 cm³/mol. The second-order valence-electron chi connectivity index (χ2n) is 3.61. The molecule has 0 spiro atoms. The molecule has 0 N–H and O–H groups in total. The van der Waals surface area contributed by atoms with Crippen molar-refractivity contribution in [2.24, 2.45) is 0 Å². The maximum absolute atomic E-state index is 5.84. The Morgan fingerprint density at radius 1 is 1.26 bits per heavy atom. The molecular formula is C12H8ClN3OS2. The zero-order valence-corrected chi connectivity index (χ0v) is 12.0. The molecule has 0 radical (unpaired) electrons. The average Bonchev–Trinajstić information content (AvgIpc) is 3.09. The van der Waals surface area contributed by atoms with Gasteiger partial charge in [-0.3, -0.25) is 0 Å². The number of halogens is 1. The number of thiazole rings is 1. The Morgan fingerprint density at radius 2 is 2.11 bits per heavy atom. The lowest BCUT2D eigenvalue weighted by atomic mass is 10.2. The summed E-state index contributed by atoms with van der Waals surface area (Å²) in [4.78, 5) is 8.53. The molecule has 4 nitrogen and oxygen atoms in total. The average molecular weight is 310 g/mol. The van der Waals surface area contributed by atoms with Crippen molar-refractivity contribution >= 4 is 34.7 Å². The molecule has 3 rings (SSSR count). The van der Waals surface area contributed by atoms with Gasteiger partial charge < -0.3 is 4.52 Å². The Bertz CT molecular complexity index is 652. The van der Waals surface area contributed by atoms with Crippen molar-refractivity contribution in [2.75, 3.05) is 0 Å². The first-order valence-electron chi connectivity index (χ1n) is 5.42. The maximum Gasteiger partial charge on any atom is 0.257 e. The number of thioether (sulfide) groups is 1. The lowest BCUT2D eigenvalue weighted by Gasteiger charge is -1.93. The third-order valence-corrected chi connectivity index (χ3v) is 4.51. The molecule has 0 atom stereocenters. The van der Waals surface area contributed by atoms with E-state index in [1.165, 1.54) is 0 Å². The molecule has 0 bridgehead atoms. The molecule has 19 heavy (non-hydrogen) atoms. The van der Waals surface area contributed by atoms with Crippen LogP contribution in [0.15, 0.2) is 44.7 Å². The summed E-state index contributed by atoms with van der Waals surface area (Å²) in [6.07, 6.45) is 1.78. The van der Waals surface area contributed by atoms with Crippen molar-refractivity contribution in [3.8, 4) is 11.5 Å². The lowest BCUT2D eigenvalue weighted by molar-refractivity contribution is 0.425. The molecule has 7 heteroatoms. The van der Waals surface area contributed by atoms with E-state index >= 15 is 0 Å². The van der Waals surface area contributed by atoms with Gasteiger partial charge in [-0.25, -0.2) is 4.98 Å². The fourth-order valence-corrected chi connectivity index (χ4v) is 3.04. The Labute approximate surface area is 122 Å². The Balaban J connectivity index is 1.70. The minimum absolute atomic E-state index is 0.506. The molecule has 2 heterocycles. The standard InChI is InChI=1S/C12H8ClN3OS2/c13-9-3-1-8(2-4-9)11-15-10(16-17-11)7-19-12-14-5-6-18-12/h1-6H,7H2. The molecule has 3 aromatic rings. The van der Waals surface area contributed by atoms with Gasteiger partial charge in [-0.15, -0.1) is 11.3 Å². The first kappa shape index (κ1) is 12.7. The summed E-state index contributed by atoms with van der Waals surface area (Å²) in [6, 6.07) is 7.30. The van der Waals surface area contributed by atoms with E-state index < -0.39 is 0 Å². The smallest absolute Gasteiger partial charge is 0.257 e.